The number of thiophene rings is 1. The summed E-state index contributed by atoms with van der Waals surface area (Å²) in [5, 5.41) is 2.13. The smallest absolute Gasteiger partial charge is 0.0869 e. The summed E-state index contributed by atoms with van der Waals surface area (Å²) >= 11 is 1.82. The maximum Gasteiger partial charge on any atom is 0.0869 e. The normalized spacial score (nSPS) is 29.3. The number of rotatable bonds is 5. The van der Waals surface area contributed by atoms with Crippen LogP contribution in [0.5, 0.6) is 0 Å². The van der Waals surface area contributed by atoms with Gasteiger partial charge < -0.3 is 4.74 Å². The van der Waals surface area contributed by atoms with Crippen molar-refractivity contribution >= 4 is 11.3 Å². The lowest BCUT2D eigenvalue weighted by Crippen LogP contribution is -2.55. The van der Waals surface area contributed by atoms with Crippen molar-refractivity contribution in [3.05, 3.63) is 22.4 Å². The Hall–Kier alpha value is -0.460. The molecule has 5 heteroatoms. The molecule has 3 rings (SSSR count). The number of morpholine rings is 1. The maximum absolute atomic E-state index is 6.03. The lowest BCUT2D eigenvalue weighted by molar-refractivity contribution is -0.0655. The van der Waals surface area contributed by atoms with Gasteiger partial charge in [0.1, 0.15) is 0 Å². The highest BCUT2D eigenvalue weighted by Gasteiger charge is 2.35. The van der Waals surface area contributed by atoms with Gasteiger partial charge in [-0.15, -0.1) is 11.3 Å². The Morgan fingerprint density at radius 1 is 1.58 bits per heavy atom. The molecule has 19 heavy (non-hydrogen) atoms. The van der Waals surface area contributed by atoms with Crippen molar-refractivity contribution in [1.82, 2.24) is 10.3 Å². The van der Waals surface area contributed by atoms with Crippen molar-refractivity contribution in [2.24, 2.45) is 5.84 Å². The topological polar surface area (TPSA) is 50.5 Å². The third-order valence-corrected chi connectivity index (χ3v) is 5.30. The summed E-state index contributed by atoms with van der Waals surface area (Å²) in [6, 6.07) is 5.21. The zero-order valence-corrected chi connectivity index (χ0v) is 12.1. The first kappa shape index (κ1) is 13.5. The molecule has 3 heterocycles. The second-order valence-electron chi connectivity index (χ2n) is 5.55. The fraction of sp³-hybridized carbons (Fsp3) is 0.714. The zero-order chi connectivity index (χ0) is 13.1. The van der Waals surface area contributed by atoms with Crippen molar-refractivity contribution in [2.45, 2.75) is 43.9 Å². The number of hydrogen-bond donors (Lipinski definition) is 2. The molecule has 0 radical (unpaired) electrons. The van der Waals surface area contributed by atoms with Crippen molar-refractivity contribution in [3.63, 3.8) is 0 Å². The maximum atomic E-state index is 6.03. The largest absolute Gasteiger partial charge is 0.374 e. The zero-order valence-electron chi connectivity index (χ0n) is 11.3. The van der Waals surface area contributed by atoms with E-state index in [-0.39, 0.29) is 12.1 Å². The van der Waals surface area contributed by atoms with E-state index in [0.717, 1.165) is 26.0 Å². The SMILES string of the molecule is NNC(CCc1cccs1)C1CN2CCCC2CO1. The van der Waals surface area contributed by atoms with E-state index in [1.54, 1.807) is 0 Å². The summed E-state index contributed by atoms with van der Waals surface area (Å²) in [5.41, 5.74) is 2.97. The van der Waals surface area contributed by atoms with Crippen LogP contribution in [0.25, 0.3) is 0 Å². The molecule has 1 aromatic rings. The van der Waals surface area contributed by atoms with Crippen LogP contribution in [0.2, 0.25) is 0 Å². The van der Waals surface area contributed by atoms with Crippen LogP contribution in [0.1, 0.15) is 24.1 Å². The van der Waals surface area contributed by atoms with Crippen molar-refractivity contribution in [2.75, 3.05) is 19.7 Å². The molecule has 2 aliphatic rings. The monoisotopic (exact) mass is 281 g/mol. The molecular formula is C14H23N3OS. The fourth-order valence-electron chi connectivity index (χ4n) is 3.22. The van der Waals surface area contributed by atoms with Crippen LogP contribution in [0.4, 0.5) is 0 Å². The summed E-state index contributed by atoms with van der Waals surface area (Å²) in [6.45, 7) is 3.14. The summed E-state index contributed by atoms with van der Waals surface area (Å²) < 4.78 is 6.03. The Morgan fingerprint density at radius 3 is 3.32 bits per heavy atom. The van der Waals surface area contributed by atoms with Gasteiger partial charge in [-0.25, -0.2) is 0 Å². The number of nitrogens with two attached hydrogens (primary N) is 1. The van der Waals surface area contributed by atoms with Crippen LogP contribution in [0.3, 0.4) is 0 Å². The highest BCUT2D eigenvalue weighted by atomic mass is 32.1. The van der Waals surface area contributed by atoms with Crippen LogP contribution < -0.4 is 11.3 Å². The van der Waals surface area contributed by atoms with Crippen LogP contribution in [0, 0.1) is 0 Å². The first-order valence-electron chi connectivity index (χ1n) is 7.21. The summed E-state index contributed by atoms with van der Waals surface area (Å²) in [6.07, 6.45) is 4.97. The molecule has 0 aromatic carbocycles. The van der Waals surface area contributed by atoms with Crippen LogP contribution in [0.15, 0.2) is 17.5 Å². The highest BCUT2D eigenvalue weighted by molar-refractivity contribution is 7.09. The molecule has 0 bridgehead atoms. The van der Waals surface area contributed by atoms with Gasteiger partial charge in [-0.1, -0.05) is 6.07 Å². The van der Waals surface area contributed by atoms with E-state index in [0.29, 0.717) is 6.04 Å². The summed E-state index contributed by atoms with van der Waals surface area (Å²) in [5.74, 6) is 5.74. The summed E-state index contributed by atoms with van der Waals surface area (Å²) in [7, 11) is 0. The van der Waals surface area contributed by atoms with Crippen LogP contribution in [-0.2, 0) is 11.2 Å². The van der Waals surface area contributed by atoms with Crippen molar-refractivity contribution in [3.8, 4) is 0 Å². The summed E-state index contributed by atoms with van der Waals surface area (Å²) in [4.78, 5) is 4.00. The van der Waals surface area contributed by atoms with Crippen LogP contribution in [-0.4, -0.2) is 42.8 Å². The fourth-order valence-corrected chi connectivity index (χ4v) is 3.94. The third kappa shape index (κ3) is 3.17. The van der Waals surface area contributed by atoms with Gasteiger partial charge in [0.25, 0.3) is 0 Å². The Morgan fingerprint density at radius 2 is 2.53 bits per heavy atom. The number of nitrogens with zero attached hydrogens (tertiary/aromatic N) is 1. The molecule has 3 atom stereocenters. The predicted octanol–water partition coefficient (Wildman–Crippen LogP) is 1.38. The van der Waals surface area contributed by atoms with Gasteiger partial charge in [-0.3, -0.25) is 16.2 Å². The second-order valence-corrected chi connectivity index (χ2v) is 6.59. The Labute approximate surface area is 118 Å². The lowest BCUT2D eigenvalue weighted by atomic mass is 10.0. The Kier molecular flexibility index (Phi) is 4.50. The van der Waals surface area contributed by atoms with E-state index in [1.807, 2.05) is 11.3 Å². The average molecular weight is 281 g/mol. The molecule has 0 aliphatic carbocycles. The Balaban J connectivity index is 1.53. The van der Waals surface area contributed by atoms with Gasteiger partial charge in [-0.2, -0.15) is 0 Å². The molecule has 4 nitrogen and oxygen atoms in total. The van der Waals surface area contributed by atoms with Gasteiger partial charge in [0.15, 0.2) is 0 Å². The first-order valence-corrected chi connectivity index (χ1v) is 8.09. The Bertz CT molecular complexity index is 384. The molecule has 3 unspecified atom stereocenters. The van der Waals surface area contributed by atoms with E-state index in [1.165, 1.54) is 24.3 Å². The first-order chi connectivity index (χ1) is 9.36. The number of fused-ring (bicyclic) bond motifs is 1. The molecule has 0 amide bonds. The number of hydrogen-bond acceptors (Lipinski definition) is 5. The number of nitrogens with one attached hydrogen (secondary N) is 1. The predicted molar refractivity (Wildman–Crippen MR) is 78.1 cm³/mol. The van der Waals surface area contributed by atoms with Crippen molar-refractivity contribution < 1.29 is 4.74 Å². The molecule has 106 valence electrons. The van der Waals surface area contributed by atoms with E-state index < -0.39 is 0 Å². The van der Waals surface area contributed by atoms with Gasteiger partial charge in [-0.05, 0) is 43.7 Å². The minimum Gasteiger partial charge on any atom is -0.374 e. The second kappa shape index (κ2) is 6.33. The van der Waals surface area contributed by atoms with Crippen molar-refractivity contribution in [1.29, 1.82) is 0 Å². The molecule has 0 spiro atoms. The minimum absolute atomic E-state index is 0.235. The van der Waals surface area contributed by atoms with E-state index in [2.05, 4.69) is 27.8 Å². The highest BCUT2D eigenvalue weighted by Crippen LogP contribution is 2.25. The quantitative estimate of drug-likeness (QED) is 0.632. The minimum atomic E-state index is 0.235. The van der Waals surface area contributed by atoms with E-state index in [9.17, 15) is 0 Å². The van der Waals surface area contributed by atoms with Gasteiger partial charge in [0.05, 0.1) is 12.7 Å². The van der Waals surface area contributed by atoms with Crippen LogP contribution >= 0.6 is 11.3 Å². The van der Waals surface area contributed by atoms with E-state index >= 15 is 0 Å². The van der Waals surface area contributed by atoms with Gasteiger partial charge in [0.2, 0.25) is 0 Å². The third-order valence-electron chi connectivity index (χ3n) is 4.36. The molecule has 3 N–H and O–H groups in total. The average Bonchev–Trinajstić information content (AvgIpc) is 3.09. The lowest BCUT2D eigenvalue weighted by Gasteiger charge is -2.38. The molecule has 2 aliphatic heterocycles. The van der Waals surface area contributed by atoms with Gasteiger partial charge >= 0.3 is 0 Å². The number of hydrazine groups is 1. The molecule has 2 saturated heterocycles. The molecule has 0 saturated carbocycles. The molecular weight excluding hydrogens is 258 g/mol. The standard InChI is InChI=1S/C14H23N3OS/c15-16-13(6-5-12-4-2-8-19-12)14-9-17-7-1-3-11(17)10-18-14/h2,4,8,11,13-14,16H,1,3,5-7,9-10,15H2. The van der Waals surface area contributed by atoms with E-state index in [4.69, 9.17) is 10.6 Å². The van der Waals surface area contributed by atoms with Gasteiger partial charge in [0, 0.05) is 23.5 Å². The molecule has 1 aromatic heterocycles. The molecule has 2 fully saturated rings. The number of ether oxygens (including phenoxy) is 1. The number of aryl methyl sites for hydroxylation is 1.